The standard InChI is InChI=1S/C21H28N4O2/c1-15-5-6-16-14-19(23(2)18(16)13-15)20(26)22-17-7-11-25(12-8-17)21(27)24-9-3-4-10-24/h5-6,13-14,17H,3-4,7-12H2,1-2H3,(H,22,26). The molecule has 1 aromatic carbocycles. The Morgan fingerprint density at radius 2 is 1.67 bits per heavy atom. The number of nitrogens with zero attached hydrogens (tertiary/aromatic N) is 3. The average molecular weight is 368 g/mol. The Labute approximate surface area is 160 Å². The van der Waals surface area contributed by atoms with E-state index in [1.165, 1.54) is 5.56 Å². The molecule has 0 radical (unpaired) electrons. The Morgan fingerprint density at radius 3 is 2.37 bits per heavy atom. The largest absolute Gasteiger partial charge is 0.348 e. The first-order valence-electron chi connectivity index (χ1n) is 9.94. The van der Waals surface area contributed by atoms with E-state index in [2.05, 4.69) is 30.4 Å². The van der Waals surface area contributed by atoms with E-state index in [0.29, 0.717) is 18.8 Å². The molecular formula is C21H28N4O2. The van der Waals surface area contributed by atoms with Gasteiger partial charge in [-0.3, -0.25) is 4.79 Å². The number of benzene rings is 1. The predicted octanol–water partition coefficient (Wildman–Crippen LogP) is 2.90. The number of aromatic nitrogens is 1. The van der Waals surface area contributed by atoms with Gasteiger partial charge in [0.25, 0.3) is 5.91 Å². The van der Waals surface area contributed by atoms with Gasteiger partial charge >= 0.3 is 6.03 Å². The van der Waals surface area contributed by atoms with Crippen LogP contribution in [0.25, 0.3) is 10.9 Å². The Balaban J connectivity index is 1.37. The molecule has 1 aromatic heterocycles. The third kappa shape index (κ3) is 3.53. The van der Waals surface area contributed by atoms with Crippen molar-refractivity contribution in [2.45, 2.75) is 38.6 Å². The van der Waals surface area contributed by atoms with Crippen LogP contribution in [-0.2, 0) is 7.05 Å². The van der Waals surface area contributed by atoms with E-state index in [4.69, 9.17) is 0 Å². The monoisotopic (exact) mass is 368 g/mol. The summed E-state index contributed by atoms with van der Waals surface area (Å²) in [5.74, 6) is -0.0318. The van der Waals surface area contributed by atoms with Crippen molar-refractivity contribution in [3.05, 3.63) is 35.5 Å². The van der Waals surface area contributed by atoms with E-state index in [1.807, 2.05) is 27.5 Å². The molecule has 0 aliphatic carbocycles. The number of nitrogens with one attached hydrogen (secondary N) is 1. The van der Waals surface area contributed by atoms with Crippen LogP contribution in [0, 0.1) is 6.92 Å². The van der Waals surface area contributed by atoms with Crippen LogP contribution in [0.3, 0.4) is 0 Å². The van der Waals surface area contributed by atoms with Crippen molar-refractivity contribution in [3.8, 4) is 0 Å². The number of hydrogen-bond donors (Lipinski definition) is 1. The number of aryl methyl sites for hydroxylation is 2. The fraction of sp³-hybridized carbons (Fsp3) is 0.524. The molecule has 3 heterocycles. The SMILES string of the molecule is Cc1ccc2cc(C(=O)NC3CCN(C(=O)N4CCCC4)CC3)n(C)c2c1. The number of carbonyl (C=O) groups excluding carboxylic acids is 2. The second-order valence-electron chi connectivity index (χ2n) is 7.86. The van der Waals surface area contributed by atoms with Crippen molar-refractivity contribution >= 4 is 22.8 Å². The first-order chi connectivity index (χ1) is 13.0. The molecule has 2 saturated heterocycles. The van der Waals surface area contributed by atoms with E-state index in [-0.39, 0.29) is 18.0 Å². The molecule has 2 aliphatic rings. The minimum Gasteiger partial charge on any atom is -0.348 e. The third-order valence-electron chi connectivity index (χ3n) is 5.91. The number of rotatable bonds is 2. The molecule has 6 nitrogen and oxygen atoms in total. The Morgan fingerprint density at radius 1 is 1.00 bits per heavy atom. The van der Waals surface area contributed by atoms with Crippen LogP contribution in [-0.4, -0.2) is 58.5 Å². The lowest BCUT2D eigenvalue weighted by atomic mass is 10.1. The summed E-state index contributed by atoms with van der Waals surface area (Å²) in [5, 5.41) is 4.25. The quantitative estimate of drug-likeness (QED) is 0.886. The molecule has 6 heteroatoms. The second-order valence-corrected chi connectivity index (χ2v) is 7.86. The first-order valence-corrected chi connectivity index (χ1v) is 9.94. The van der Waals surface area contributed by atoms with Gasteiger partial charge < -0.3 is 19.7 Å². The lowest BCUT2D eigenvalue weighted by molar-refractivity contribution is 0.0905. The highest BCUT2D eigenvalue weighted by molar-refractivity contribution is 5.99. The zero-order valence-electron chi connectivity index (χ0n) is 16.2. The number of fused-ring (bicyclic) bond motifs is 1. The number of hydrogen-bond acceptors (Lipinski definition) is 2. The predicted molar refractivity (Wildman–Crippen MR) is 106 cm³/mol. The molecule has 0 unspecified atom stereocenters. The summed E-state index contributed by atoms with van der Waals surface area (Å²) in [6.07, 6.45) is 3.86. The van der Waals surface area contributed by atoms with E-state index < -0.39 is 0 Å². The molecular weight excluding hydrogens is 340 g/mol. The van der Waals surface area contributed by atoms with Gasteiger partial charge in [-0.15, -0.1) is 0 Å². The number of piperidine rings is 1. The average Bonchev–Trinajstić information content (AvgIpc) is 3.31. The zero-order chi connectivity index (χ0) is 19.0. The molecule has 0 bridgehead atoms. The van der Waals surface area contributed by atoms with Gasteiger partial charge in [-0.05, 0) is 50.3 Å². The van der Waals surface area contributed by atoms with Crippen LogP contribution in [0.1, 0.15) is 41.7 Å². The molecule has 0 atom stereocenters. The Hall–Kier alpha value is -2.50. The van der Waals surface area contributed by atoms with Gasteiger partial charge in [0.1, 0.15) is 5.69 Å². The number of likely N-dealkylation sites (tertiary alicyclic amines) is 2. The topological polar surface area (TPSA) is 57.6 Å². The fourth-order valence-electron chi connectivity index (χ4n) is 4.24. The molecule has 3 amide bonds. The van der Waals surface area contributed by atoms with Crippen molar-refractivity contribution in [2.75, 3.05) is 26.2 Å². The van der Waals surface area contributed by atoms with Crippen molar-refractivity contribution < 1.29 is 9.59 Å². The fourth-order valence-corrected chi connectivity index (χ4v) is 4.24. The minimum absolute atomic E-state index is 0.0318. The summed E-state index contributed by atoms with van der Waals surface area (Å²) >= 11 is 0. The zero-order valence-corrected chi connectivity index (χ0v) is 16.2. The highest BCUT2D eigenvalue weighted by Crippen LogP contribution is 2.21. The number of urea groups is 1. The van der Waals surface area contributed by atoms with Crippen LogP contribution in [0.4, 0.5) is 4.79 Å². The van der Waals surface area contributed by atoms with Crippen molar-refractivity contribution in [1.29, 1.82) is 0 Å². The maximum atomic E-state index is 12.8. The first kappa shape index (κ1) is 17.9. The van der Waals surface area contributed by atoms with Crippen molar-refractivity contribution in [3.63, 3.8) is 0 Å². The van der Waals surface area contributed by atoms with Crippen LogP contribution >= 0.6 is 0 Å². The van der Waals surface area contributed by atoms with Gasteiger partial charge in [0.2, 0.25) is 0 Å². The Kier molecular flexibility index (Phi) is 4.81. The Bertz CT molecular complexity index is 858. The molecule has 27 heavy (non-hydrogen) atoms. The van der Waals surface area contributed by atoms with Crippen molar-refractivity contribution in [2.24, 2.45) is 7.05 Å². The maximum absolute atomic E-state index is 12.8. The maximum Gasteiger partial charge on any atom is 0.319 e. The molecule has 144 valence electrons. The second kappa shape index (κ2) is 7.25. The van der Waals surface area contributed by atoms with Gasteiger partial charge in [-0.2, -0.15) is 0 Å². The van der Waals surface area contributed by atoms with Gasteiger partial charge in [0, 0.05) is 50.2 Å². The molecule has 1 N–H and O–H groups in total. The highest BCUT2D eigenvalue weighted by Gasteiger charge is 2.28. The van der Waals surface area contributed by atoms with Crippen LogP contribution in [0.15, 0.2) is 24.3 Å². The summed E-state index contributed by atoms with van der Waals surface area (Å²) in [4.78, 5) is 29.2. The molecule has 0 spiro atoms. The smallest absolute Gasteiger partial charge is 0.319 e. The van der Waals surface area contributed by atoms with Crippen LogP contribution in [0.2, 0.25) is 0 Å². The molecule has 2 fully saturated rings. The summed E-state index contributed by atoms with van der Waals surface area (Å²) in [5.41, 5.74) is 2.95. The van der Waals surface area contributed by atoms with Crippen molar-refractivity contribution in [1.82, 2.24) is 19.7 Å². The van der Waals surface area contributed by atoms with E-state index >= 15 is 0 Å². The molecule has 2 aliphatic heterocycles. The number of carbonyl (C=O) groups is 2. The summed E-state index contributed by atoms with van der Waals surface area (Å²) in [6, 6.07) is 8.48. The van der Waals surface area contributed by atoms with Crippen LogP contribution < -0.4 is 5.32 Å². The highest BCUT2D eigenvalue weighted by atomic mass is 16.2. The van der Waals surface area contributed by atoms with Gasteiger partial charge in [-0.1, -0.05) is 12.1 Å². The van der Waals surface area contributed by atoms with Gasteiger partial charge in [0.05, 0.1) is 0 Å². The number of amides is 3. The normalized spacial score (nSPS) is 18.3. The third-order valence-corrected chi connectivity index (χ3v) is 5.91. The summed E-state index contributed by atoms with van der Waals surface area (Å²) in [7, 11) is 1.94. The lowest BCUT2D eigenvalue weighted by Crippen LogP contribution is -2.50. The summed E-state index contributed by atoms with van der Waals surface area (Å²) < 4.78 is 1.96. The van der Waals surface area contributed by atoms with E-state index in [9.17, 15) is 9.59 Å². The molecule has 0 saturated carbocycles. The molecule has 2 aromatic rings. The van der Waals surface area contributed by atoms with Gasteiger partial charge in [-0.25, -0.2) is 4.79 Å². The van der Waals surface area contributed by atoms with Gasteiger partial charge in [0.15, 0.2) is 0 Å². The van der Waals surface area contributed by atoms with Crippen LogP contribution in [0.5, 0.6) is 0 Å². The van der Waals surface area contributed by atoms with E-state index in [0.717, 1.165) is 49.7 Å². The van der Waals surface area contributed by atoms with E-state index in [1.54, 1.807) is 0 Å². The minimum atomic E-state index is -0.0318. The lowest BCUT2D eigenvalue weighted by Gasteiger charge is -2.34. The summed E-state index contributed by atoms with van der Waals surface area (Å²) in [6.45, 7) is 5.26. The molecule has 4 rings (SSSR count).